The molecular formula is C27H23N5O2. The molecule has 7 heteroatoms. The number of nitrogens with one attached hydrogen (secondary N) is 2. The van der Waals surface area contributed by atoms with Crippen LogP contribution in [0.15, 0.2) is 95.8 Å². The zero-order valence-electron chi connectivity index (χ0n) is 18.6. The predicted octanol–water partition coefficient (Wildman–Crippen LogP) is 4.09. The van der Waals surface area contributed by atoms with Crippen LogP contribution < -0.4 is 10.9 Å². The Morgan fingerprint density at radius 1 is 0.882 bits per heavy atom. The van der Waals surface area contributed by atoms with Gasteiger partial charge < -0.3 is 0 Å². The maximum Gasteiger partial charge on any atom is 0.277 e. The van der Waals surface area contributed by atoms with Crippen molar-refractivity contribution < 1.29 is 4.79 Å². The first kappa shape index (κ1) is 21.3. The highest BCUT2D eigenvalue weighted by Gasteiger charge is 2.24. The highest BCUT2D eigenvalue weighted by atomic mass is 16.2. The summed E-state index contributed by atoms with van der Waals surface area (Å²) in [5.41, 5.74) is 3.70. The molecule has 0 fully saturated rings. The molecule has 7 nitrogen and oxygen atoms in total. The molecule has 0 unspecified atom stereocenters. The summed E-state index contributed by atoms with van der Waals surface area (Å²) in [4.78, 5) is 35.4. The van der Waals surface area contributed by atoms with Crippen molar-refractivity contribution in [1.29, 1.82) is 0 Å². The molecule has 0 radical (unpaired) electrons. The molecule has 2 aromatic heterocycles. The first-order chi connectivity index (χ1) is 16.6. The maximum absolute atomic E-state index is 13.4. The standard InChI is InChI=1S/C27H23N5O2/c1-18-22(17-19-11-5-2-6-12-19)25(34)32-27(28-18)30-26(31-32)29-24(33)23(20-13-7-3-8-14-20)21-15-9-4-10-16-21/h2-16,23H,17H2,1H3,(H2,28,29,30,31,33). The van der Waals surface area contributed by atoms with E-state index in [1.54, 1.807) is 6.92 Å². The highest BCUT2D eigenvalue weighted by molar-refractivity contribution is 5.97. The van der Waals surface area contributed by atoms with E-state index in [1.807, 2.05) is 91.0 Å². The first-order valence-electron chi connectivity index (χ1n) is 11.0. The summed E-state index contributed by atoms with van der Waals surface area (Å²) in [5, 5.41) is 5.74. The van der Waals surface area contributed by atoms with Crippen LogP contribution in [-0.4, -0.2) is 25.5 Å². The van der Waals surface area contributed by atoms with Crippen molar-refractivity contribution in [2.45, 2.75) is 19.3 Å². The number of aromatic amines is 1. The van der Waals surface area contributed by atoms with Crippen LogP contribution in [0.2, 0.25) is 0 Å². The van der Waals surface area contributed by atoms with Gasteiger partial charge in [0.05, 0.1) is 11.6 Å². The van der Waals surface area contributed by atoms with E-state index in [4.69, 9.17) is 0 Å². The molecule has 5 aromatic rings. The molecule has 0 aliphatic heterocycles. The summed E-state index contributed by atoms with van der Waals surface area (Å²) < 4.78 is 1.28. The molecule has 2 N–H and O–H groups in total. The number of aryl methyl sites for hydroxylation is 1. The number of anilines is 1. The summed E-state index contributed by atoms with van der Waals surface area (Å²) in [7, 11) is 0. The maximum atomic E-state index is 13.4. The number of amides is 1. The summed E-state index contributed by atoms with van der Waals surface area (Å²) in [6.45, 7) is 1.80. The van der Waals surface area contributed by atoms with E-state index < -0.39 is 5.92 Å². The fraction of sp³-hybridized carbons (Fsp3) is 0.111. The van der Waals surface area contributed by atoms with Gasteiger partial charge in [-0.25, -0.2) is 4.98 Å². The van der Waals surface area contributed by atoms with Gasteiger partial charge in [-0.05, 0) is 23.6 Å². The lowest BCUT2D eigenvalue weighted by Crippen LogP contribution is -2.24. The molecule has 0 bridgehead atoms. The lowest BCUT2D eigenvalue weighted by molar-refractivity contribution is -0.116. The van der Waals surface area contributed by atoms with Gasteiger partial charge in [0.15, 0.2) is 0 Å². The van der Waals surface area contributed by atoms with Crippen molar-refractivity contribution in [2.24, 2.45) is 0 Å². The minimum Gasteiger partial charge on any atom is -0.294 e. The van der Waals surface area contributed by atoms with Crippen LogP contribution in [-0.2, 0) is 11.2 Å². The number of benzene rings is 3. The van der Waals surface area contributed by atoms with Gasteiger partial charge in [0.2, 0.25) is 11.9 Å². The average molecular weight is 450 g/mol. The smallest absolute Gasteiger partial charge is 0.277 e. The van der Waals surface area contributed by atoms with Gasteiger partial charge in [0.1, 0.15) is 0 Å². The van der Waals surface area contributed by atoms with Crippen molar-refractivity contribution in [3.8, 4) is 0 Å². The Balaban J connectivity index is 1.48. The van der Waals surface area contributed by atoms with E-state index in [9.17, 15) is 9.59 Å². The second-order valence-corrected chi connectivity index (χ2v) is 8.09. The van der Waals surface area contributed by atoms with Crippen LogP contribution >= 0.6 is 0 Å². The fourth-order valence-corrected chi connectivity index (χ4v) is 4.09. The molecule has 0 saturated heterocycles. The van der Waals surface area contributed by atoms with Gasteiger partial charge in [0, 0.05) is 12.0 Å². The molecule has 34 heavy (non-hydrogen) atoms. The quantitative estimate of drug-likeness (QED) is 0.408. The summed E-state index contributed by atoms with van der Waals surface area (Å²) >= 11 is 0. The van der Waals surface area contributed by atoms with E-state index in [0.717, 1.165) is 16.7 Å². The third-order valence-electron chi connectivity index (χ3n) is 5.79. The Labute approximate surface area is 196 Å². The number of aromatic nitrogens is 4. The van der Waals surface area contributed by atoms with Crippen LogP contribution in [0.4, 0.5) is 5.95 Å². The Morgan fingerprint density at radius 3 is 2.03 bits per heavy atom. The minimum absolute atomic E-state index is 0.169. The van der Waals surface area contributed by atoms with Gasteiger partial charge in [-0.2, -0.15) is 9.50 Å². The lowest BCUT2D eigenvalue weighted by Gasteiger charge is -2.16. The molecule has 2 heterocycles. The number of H-pyrrole nitrogens is 1. The second kappa shape index (κ2) is 9.15. The van der Waals surface area contributed by atoms with E-state index in [1.165, 1.54) is 4.52 Å². The van der Waals surface area contributed by atoms with Crippen LogP contribution in [0.1, 0.15) is 33.9 Å². The lowest BCUT2D eigenvalue weighted by atomic mass is 9.90. The second-order valence-electron chi connectivity index (χ2n) is 8.09. The third-order valence-corrected chi connectivity index (χ3v) is 5.79. The topological polar surface area (TPSA) is 92.2 Å². The Bertz CT molecular complexity index is 1450. The molecule has 3 aromatic carbocycles. The molecule has 0 saturated carbocycles. The number of carbonyl (C=O) groups is 1. The molecule has 5 rings (SSSR count). The monoisotopic (exact) mass is 449 g/mol. The van der Waals surface area contributed by atoms with Gasteiger partial charge in [-0.15, -0.1) is 0 Å². The average Bonchev–Trinajstić information content (AvgIpc) is 3.26. The zero-order chi connectivity index (χ0) is 23.5. The number of rotatable bonds is 6. The van der Waals surface area contributed by atoms with E-state index in [0.29, 0.717) is 17.7 Å². The molecular weight excluding hydrogens is 426 g/mol. The summed E-state index contributed by atoms with van der Waals surface area (Å²) in [6.07, 6.45) is 0.465. The van der Waals surface area contributed by atoms with Gasteiger partial charge in [-0.3, -0.25) is 20.0 Å². The number of nitrogens with zero attached hydrogens (tertiary/aromatic N) is 3. The molecule has 0 aliphatic rings. The van der Waals surface area contributed by atoms with Crippen LogP contribution in [0, 0.1) is 6.92 Å². The number of fused-ring (bicyclic) bond motifs is 1. The Morgan fingerprint density at radius 2 is 1.44 bits per heavy atom. The van der Waals surface area contributed by atoms with Crippen LogP contribution in [0.3, 0.4) is 0 Å². The predicted molar refractivity (Wildman–Crippen MR) is 131 cm³/mol. The van der Waals surface area contributed by atoms with Crippen molar-refractivity contribution in [3.05, 3.63) is 129 Å². The van der Waals surface area contributed by atoms with Gasteiger partial charge in [0.25, 0.3) is 11.3 Å². The zero-order valence-corrected chi connectivity index (χ0v) is 18.6. The minimum atomic E-state index is -0.532. The van der Waals surface area contributed by atoms with Gasteiger partial charge in [-0.1, -0.05) is 91.0 Å². The molecule has 0 atom stereocenters. The molecule has 0 aliphatic carbocycles. The van der Waals surface area contributed by atoms with E-state index in [-0.39, 0.29) is 23.2 Å². The highest BCUT2D eigenvalue weighted by Crippen LogP contribution is 2.26. The van der Waals surface area contributed by atoms with Crippen molar-refractivity contribution in [3.63, 3.8) is 0 Å². The largest absolute Gasteiger partial charge is 0.294 e. The third kappa shape index (κ3) is 4.23. The number of hydrogen-bond acceptors (Lipinski definition) is 4. The number of hydrogen-bond donors (Lipinski definition) is 2. The van der Waals surface area contributed by atoms with Gasteiger partial charge >= 0.3 is 0 Å². The first-order valence-corrected chi connectivity index (χ1v) is 11.0. The van der Waals surface area contributed by atoms with E-state index >= 15 is 0 Å². The normalized spacial score (nSPS) is 11.1. The fourth-order valence-electron chi connectivity index (χ4n) is 4.09. The molecule has 1 amide bonds. The Hall–Kier alpha value is -4.52. The van der Waals surface area contributed by atoms with Crippen molar-refractivity contribution >= 4 is 17.6 Å². The summed E-state index contributed by atoms with van der Waals surface area (Å²) in [6, 6.07) is 28.9. The summed E-state index contributed by atoms with van der Waals surface area (Å²) in [5.74, 6) is -0.408. The molecule has 0 spiro atoms. The van der Waals surface area contributed by atoms with Crippen molar-refractivity contribution in [2.75, 3.05) is 5.32 Å². The number of carbonyl (C=O) groups excluding carboxylic acids is 1. The Kier molecular flexibility index (Phi) is 5.74. The van der Waals surface area contributed by atoms with Crippen LogP contribution in [0.25, 0.3) is 5.78 Å². The van der Waals surface area contributed by atoms with Crippen molar-refractivity contribution in [1.82, 2.24) is 19.6 Å². The molecule has 168 valence electrons. The van der Waals surface area contributed by atoms with Crippen LogP contribution in [0.5, 0.6) is 0 Å². The van der Waals surface area contributed by atoms with E-state index in [2.05, 4.69) is 20.4 Å². The SMILES string of the molecule is Cc1nc2nc(NC(=O)C(c3ccccc3)c3ccccc3)[nH]n2c(=O)c1Cc1ccccc1.